The summed E-state index contributed by atoms with van der Waals surface area (Å²) < 4.78 is 29.8. The van der Waals surface area contributed by atoms with Crippen molar-refractivity contribution < 1.29 is 17.6 Å². The molecule has 1 aliphatic rings. The molecule has 7 heteroatoms. The normalized spacial score (nSPS) is 18.0. The predicted molar refractivity (Wildman–Crippen MR) is 111 cm³/mol. The van der Waals surface area contributed by atoms with Crippen LogP contribution in [0.15, 0.2) is 63.8 Å². The van der Waals surface area contributed by atoms with Gasteiger partial charge < -0.3 is 9.32 Å². The van der Waals surface area contributed by atoms with Gasteiger partial charge in [-0.1, -0.05) is 36.4 Å². The highest BCUT2D eigenvalue weighted by atomic mass is 32.2. The number of sulfone groups is 1. The molecule has 1 atom stereocenters. The van der Waals surface area contributed by atoms with Gasteiger partial charge in [-0.3, -0.25) is 9.59 Å². The van der Waals surface area contributed by atoms with E-state index < -0.39 is 21.8 Å². The lowest BCUT2D eigenvalue weighted by molar-refractivity contribution is 0.0648. The van der Waals surface area contributed by atoms with Gasteiger partial charge >= 0.3 is 0 Å². The first-order chi connectivity index (χ1) is 13.8. The molecule has 6 nitrogen and oxygen atoms in total. The summed E-state index contributed by atoms with van der Waals surface area (Å²) >= 11 is 0. The van der Waals surface area contributed by atoms with Gasteiger partial charge in [-0.05, 0) is 36.6 Å². The maximum Gasteiger partial charge on any atom is 0.290 e. The smallest absolute Gasteiger partial charge is 0.290 e. The first kappa shape index (κ1) is 19.4. The van der Waals surface area contributed by atoms with Crippen molar-refractivity contribution in [1.29, 1.82) is 0 Å². The highest BCUT2D eigenvalue weighted by Gasteiger charge is 2.36. The van der Waals surface area contributed by atoms with E-state index in [2.05, 4.69) is 0 Å². The Hall–Kier alpha value is -2.93. The van der Waals surface area contributed by atoms with Crippen molar-refractivity contribution in [3.8, 4) is 0 Å². The summed E-state index contributed by atoms with van der Waals surface area (Å²) in [6.07, 6.45) is 0.373. The number of fused-ring (bicyclic) bond motifs is 1. The van der Waals surface area contributed by atoms with Gasteiger partial charge in [-0.2, -0.15) is 0 Å². The van der Waals surface area contributed by atoms with Gasteiger partial charge in [0, 0.05) is 18.7 Å². The van der Waals surface area contributed by atoms with Gasteiger partial charge in [0.05, 0.1) is 16.9 Å². The number of carbonyl (C=O) groups excluding carboxylic acids is 1. The molecule has 0 aliphatic carbocycles. The summed E-state index contributed by atoms with van der Waals surface area (Å²) in [6, 6.07) is 15.3. The molecule has 4 rings (SSSR count). The lowest BCUT2D eigenvalue weighted by Gasteiger charge is -2.28. The molecule has 29 heavy (non-hydrogen) atoms. The quantitative estimate of drug-likeness (QED) is 0.659. The van der Waals surface area contributed by atoms with Crippen molar-refractivity contribution in [3.63, 3.8) is 0 Å². The third-order valence-corrected chi connectivity index (χ3v) is 6.95. The Balaban J connectivity index is 1.74. The summed E-state index contributed by atoms with van der Waals surface area (Å²) in [6.45, 7) is 2.12. The monoisotopic (exact) mass is 411 g/mol. The lowest BCUT2D eigenvalue weighted by Crippen LogP contribution is -2.40. The number of amides is 1. The molecule has 0 radical (unpaired) electrons. The zero-order valence-corrected chi connectivity index (χ0v) is 16.8. The van der Waals surface area contributed by atoms with Crippen molar-refractivity contribution in [1.82, 2.24) is 4.90 Å². The number of hydrogen-bond donors (Lipinski definition) is 0. The minimum atomic E-state index is -3.18. The zero-order chi connectivity index (χ0) is 20.6. The molecule has 2 aromatic carbocycles. The minimum absolute atomic E-state index is 0.0527. The van der Waals surface area contributed by atoms with Crippen molar-refractivity contribution in [2.24, 2.45) is 0 Å². The molecule has 0 saturated carbocycles. The maximum absolute atomic E-state index is 13.3. The van der Waals surface area contributed by atoms with Crippen LogP contribution in [0.25, 0.3) is 11.0 Å². The molecule has 2 heterocycles. The van der Waals surface area contributed by atoms with Crippen LogP contribution in [0.4, 0.5) is 0 Å². The third-order valence-electron chi connectivity index (χ3n) is 5.20. The van der Waals surface area contributed by atoms with Crippen molar-refractivity contribution >= 4 is 26.7 Å². The Morgan fingerprint density at radius 3 is 2.59 bits per heavy atom. The number of hydrogen-bond acceptors (Lipinski definition) is 5. The van der Waals surface area contributed by atoms with E-state index in [1.54, 1.807) is 12.1 Å². The fourth-order valence-electron chi connectivity index (χ4n) is 3.68. The number of aryl methyl sites for hydroxylation is 1. The summed E-state index contributed by atoms with van der Waals surface area (Å²) in [5.74, 6) is -0.579. The Morgan fingerprint density at radius 1 is 1.14 bits per heavy atom. The Bertz CT molecular complexity index is 1230. The average molecular weight is 411 g/mol. The first-order valence-electron chi connectivity index (χ1n) is 9.42. The Labute approximate surface area is 168 Å². The molecule has 150 valence electrons. The van der Waals surface area contributed by atoms with Gasteiger partial charge in [-0.15, -0.1) is 0 Å². The van der Waals surface area contributed by atoms with E-state index in [9.17, 15) is 18.0 Å². The van der Waals surface area contributed by atoms with Crippen LogP contribution in [-0.2, 0) is 16.4 Å². The molecular weight excluding hydrogens is 390 g/mol. The summed E-state index contributed by atoms with van der Waals surface area (Å²) in [5, 5.41) is 0.408. The van der Waals surface area contributed by atoms with Gasteiger partial charge in [0.15, 0.2) is 21.0 Å². The fourth-order valence-corrected chi connectivity index (χ4v) is 5.41. The van der Waals surface area contributed by atoms with Crippen molar-refractivity contribution in [2.75, 3.05) is 11.5 Å². The van der Waals surface area contributed by atoms with Crippen LogP contribution >= 0.6 is 0 Å². The second kappa shape index (κ2) is 7.48. The molecule has 0 spiro atoms. The highest BCUT2D eigenvalue weighted by Crippen LogP contribution is 2.23. The summed E-state index contributed by atoms with van der Waals surface area (Å²) in [4.78, 5) is 27.3. The van der Waals surface area contributed by atoms with E-state index >= 15 is 0 Å². The zero-order valence-electron chi connectivity index (χ0n) is 16.0. The van der Waals surface area contributed by atoms with E-state index in [0.717, 1.165) is 11.1 Å². The van der Waals surface area contributed by atoms with Crippen LogP contribution in [0.2, 0.25) is 0 Å². The number of nitrogens with zero attached hydrogens (tertiary/aromatic N) is 1. The third kappa shape index (κ3) is 4.10. The van der Waals surface area contributed by atoms with Crippen LogP contribution in [0.5, 0.6) is 0 Å². The molecule has 1 aromatic heterocycles. The topological polar surface area (TPSA) is 84.7 Å². The maximum atomic E-state index is 13.3. The van der Waals surface area contributed by atoms with E-state index in [0.29, 0.717) is 17.4 Å². The van der Waals surface area contributed by atoms with Crippen LogP contribution < -0.4 is 5.43 Å². The summed E-state index contributed by atoms with van der Waals surface area (Å²) in [5.41, 5.74) is 1.84. The Kier molecular flexibility index (Phi) is 5.00. The van der Waals surface area contributed by atoms with E-state index in [1.807, 2.05) is 43.3 Å². The van der Waals surface area contributed by atoms with Crippen molar-refractivity contribution in [2.45, 2.75) is 25.9 Å². The standard InChI is InChI=1S/C22H21NO5S/c1-15-7-8-18-19(24)12-21(28-20(18)11-15)22(25)23(13-16-5-3-2-4-6-16)17-9-10-29(26,27)14-17/h2-8,11-12,17H,9-10,13-14H2,1H3/t17-/m1/s1. The van der Waals surface area contributed by atoms with E-state index in [1.165, 1.54) is 11.0 Å². The molecule has 0 N–H and O–H groups in total. The summed E-state index contributed by atoms with van der Waals surface area (Å²) in [7, 11) is -3.18. The first-order valence-corrected chi connectivity index (χ1v) is 11.2. The van der Waals surface area contributed by atoms with Crippen LogP contribution in [0.3, 0.4) is 0 Å². The number of rotatable bonds is 4. The number of carbonyl (C=O) groups is 1. The molecule has 1 fully saturated rings. The van der Waals surface area contributed by atoms with Gasteiger partial charge in [0.25, 0.3) is 5.91 Å². The van der Waals surface area contributed by atoms with Gasteiger partial charge in [0.1, 0.15) is 5.58 Å². The van der Waals surface area contributed by atoms with Crippen LogP contribution in [0.1, 0.15) is 28.1 Å². The SMILES string of the molecule is Cc1ccc2c(=O)cc(C(=O)N(Cc3ccccc3)[C@@H]3CCS(=O)(=O)C3)oc2c1. The minimum Gasteiger partial charge on any atom is -0.451 e. The number of benzene rings is 2. The van der Waals surface area contributed by atoms with Gasteiger partial charge in [0.2, 0.25) is 0 Å². The molecular formula is C22H21NO5S. The Morgan fingerprint density at radius 2 is 1.90 bits per heavy atom. The molecule has 0 bridgehead atoms. The molecule has 1 amide bonds. The predicted octanol–water partition coefficient (Wildman–Crippen LogP) is 2.93. The van der Waals surface area contributed by atoms with E-state index in [-0.39, 0.29) is 29.2 Å². The van der Waals surface area contributed by atoms with Crippen LogP contribution in [0, 0.1) is 6.92 Å². The molecule has 1 aliphatic heterocycles. The van der Waals surface area contributed by atoms with E-state index in [4.69, 9.17) is 4.42 Å². The molecule has 1 saturated heterocycles. The average Bonchev–Trinajstić information content (AvgIpc) is 3.05. The highest BCUT2D eigenvalue weighted by molar-refractivity contribution is 7.91. The van der Waals surface area contributed by atoms with Crippen LogP contribution in [-0.4, -0.2) is 36.8 Å². The molecule has 0 unspecified atom stereocenters. The largest absolute Gasteiger partial charge is 0.451 e. The second-order valence-corrected chi connectivity index (χ2v) is 9.68. The van der Waals surface area contributed by atoms with Crippen molar-refractivity contribution in [3.05, 3.63) is 81.7 Å². The lowest BCUT2D eigenvalue weighted by atomic mass is 10.1. The molecule has 3 aromatic rings. The van der Waals surface area contributed by atoms with Gasteiger partial charge in [-0.25, -0.2) is 8.42 Å². The second-order valence-electron chi connectivity index (χ2n) is 7.45. The fraction of sp³-hybridized carbons (Fsp3) is 0.273.